The fourth-order valence-electron chi connectivity index (χ4n) is 1.19. The summed E-state index contributed by atoms with van der Waals surface area (Å²) < 4.78 is 10.3. The Bertz CT molecular complexity index is 175. The van der Waals surface area contributed by atoms with E-state index in [4.69, 9.17) is 14.6 Å². The molecule has 0 aromatic rings. The number of rotatable bonds is 1. The van der Waals surface area contributed by atoms with Crippen molar-refractivity contribution in [3.05, 3.63) is 0 Å². The molecule has 0 aliphatic carbocycles. The van der Waals surface area contributed by atoms with Gasteiger partial charge in [-0.1, -0.05) is 0 Å². The quantitative estimate of drug-likeness (QED) is 0.610. The van der Waals surface area contributed by atoms with Crippen LogP contribution in [0, 0.1) is 0 Å². The minimum atomic E-state index is -0.969. The summed E-state index contributed by atoms with van der Waals surface area (Å²) >= 11 is 0. The lowest BCUT2D eigenvalue weighted by Crippen LogP contribution is -2.29. The predicted molar refractivity (Wildman–Crippen MR) is 37.1 cm³/mol. The van der Waals surface area contributed by atoms with Crippen LogP contribution in [0.15, 0.2) is 0 Å². The zero-order valence-corrected chi connectivity index (χ0v) is 6.83. The topological polar surface area (TPSA) is 55.8 Å². The highest BCUT2D eigenvalue weighted by atomic mass is 16.8. The first kappa shape index (κ1) is 8.49. The van der Waals surface area contributed by atoms with Crippen molar-refractivity contribution in [1.82, 2.24) is 0 Å². The lowest BCUT2D eigenvalue weighted by atomic mass is 10.2. The monoisotopic (exact) mass is 160 g/mol. The number of carboxylic acid groups (broad SMARTS) is 1. The molecule has 4 nitrogen and oxygen atoms in total. The fourth-order valence-corrected chi connectivity index (χ4v) is 1.19. The number of ether oxygens (including phenoxy) is 2. The predicted octanol–water partition coefficient (Wildman–Crippen LogP) is 0.611. The van der Waals surface area contributed by atoms with Gasteiger partial charge >= 0.3 is 5.97 Å². The van der Waals surface area contributed by atoms with Crippen LogP contribution in [-0.2, 0) is 14.3 Å². The average Bonchev–Trinajstić information content (AvgIpc) is 2.05. The van der Waals surface area contributed by atoms with E-state index in [1.165, 1.54) is 0 Å². The summed E-state index contributed by atoms with van der Waals surface area (Å²) in [6.07, 6.45) is -1.20. The summed E-state index contributed by atoms with van der Waals surface area (Å²) in [5.41, 5.74) is 0. The van der Waals surface area contributed by atoms with Crippen molar-refractivity contribution in [1.29, 1.82) is 0 Å². The van der Waals surface area contributed by atoms with Crippen molar-refractivity contribution in [2.45, 2.75) is 38.8 Å². The van der Waals surface area contributed by atoms with Gasteiger partial charge in [-0.2, -0.15) is 0 Å². The smallest absolute Gasteiger partial charge is 0.335 e. The van der Waals surface area contributed by atoms with Gasteiger partial charge < -0.3 is 14.6 Å². The molecule has 0 aromatic heterocycles. The van der Waals surface area contributed by atoms with E-state index in [0.29, 0.717) is 0 Å². The molecule has 11 heavy (non-hydrogen) atoms. The Morgan fingerprint density at radius 2 is 2.00 bits per heavy atom. The fraction of sp³-hybridized carbons (Fsp3) is 0.857. The van der Waals surface area contributed by atoms with Gasteiger partial charge in [-0.05, 0) is 20.8 Å². The number of aliphatic carboxylic acids is 1. The maximum absolute atomic E-state index is 10.5. The third kappa shape index (κ3) is 1.70. The summed E-state index contributed by atoms with van der Waals surface area (Å²) in [5, 5.41) is 8.61. The molecule has 0 bridgehead atoms. The van der Waals surface area contributed by atoms with Gasteiger partial charge in [0.25, 0.3) is 0 Å². The maximum Gasteiger partial charge on any atom is 0.335 e. The van der Waals surface area contributed by atoms with Crippen molar-refractivity contribution >= 4 is 5.97 Å². The highest BCUT2D eigenvalue weighted by Gasteiger charge is 2.42. The van der Waals surface area contributed by atoms with Crippen molar-refractivity contribution in [2.24, 2.45) is 0 Å². The molecule has 2 atom stereocenters. The molecule has 1 aliphatic heterocycles. The zero-order valence-electron chi connectivity index (χ0n) is 6.83. The Morgan fingerprint density at radius 1 is 1.45 bits per heavy atom. The molecule has 0 saturated carbocycles. The van der Waals surface area contributed by atoms with Gasteiger partial charge in [0.15, 0.2) is 11.9 Å². The molecule has 1 rings (SSSR count). The Balaban J connectivity index is 2.66. The van der Waals surface area contributed by atoms with E-state index in [0.717, 1.165) is 0 Å². The van der Waals surface area contributed by atoms with E-state index in [9.17, 15) is 4.79 Å². The van der Waals surface area contributed by atoms with Gasteiger partial charge in [0.2, 0.25) is 0 Å². The number of carboxylic acids is 1. The first-order valence-electron chi connectivity index (χ1n) is 3.51. The Labute approximate surface area is 65.1 Å². The highest BCUT2D eigenvalue weighted by Crippen LogP contribution is 2.27. The molecule has 1 aliphatic rings. The molecule has 0 amide bonds. The molecule has 0 spiro atoms. The van der Waals surface area contributed by atoms with E-state index in [1.807, 2.05) is 0 Å². The minimum absolute atomic E-state index is 0.373. The minimum Gasteiger partial charge on any atom is -0.479 e. The van der Waals surface area contributed by atoms with Crippen LogP contribution >= 0.6 is 0 Å². The van der Waals surface area contributed by atoms with Gasteiger partial charge in [-0.3, -0.25) is 0 Å². The molecule has 64 valence electrons. The van der Waals surface area contributed by atoms with E-state index in [1.54, 1.807) is 20.8 Å². The first-order valence-corrected chi connectivity index (χ1v) is 3.51. The molecule has 4 heteroatoms. The lowest BCUT2D eigenvalue weighted by Gasteiger charge is -2.15. The molecular formula is C7H12O4. The van der Waals surface area contributed by atoms with Gasteiger partial charge in [0.05, 0.1) is 6.10 Å². The van der Waals surface area contributed by atoms with E-state index in [2.05, 4.69) is 0 Å². The van der Waals surface area contributed by atoms with E-state index < -0.39 is 17.9 Å². The first-order chi connectivity index (χ1) is 4.92. The SMILES string of the molecule is C[C@@H]1OC(C)(C)OC1C(=O)O. The second kappa shape index (κ2) is 2.46. The molecule has 0 aromatic carbocycles. The summed E-state index contributed by atoms with van der Waals surface area (Å²) in [7, 11) is 0. The van der Waals surface area contributed by atoms with Gasteiger partial charge in [0.1, 0.15) is 0 Å². The number of carbonyl (C=O) groups is 1. The summed E-state index contributed by atoms with van der Waals surface area (Å²) in [5.74, 6) is -1.73. The van der Waals surface area contributed by atoms with Crippen molar-refractivity contribution in [3.8, 4) is 0 Å². The molecule has 1 N–H and O–H groups in total. The van der Waals surface area contributed by atoms with Crippen LogP contribution in [0.5, 0.6) is 0 Å². The number of hydrogen-bond acceptors (Lipinski definition) is 3. The lowest BCUT2D eigenvalue weighted by molar-refractivity contribution is -0.165. The van der Waals surface area contributed by atoms with E-state index in [-0.39, 0.29) is 6.10 Å². The summed E-state index contributed by atoms with van der Waals surface area (Å²) in [6, 6.07) is 0. The largest absolute Gasteiger partial charge is 0.479 e. The average molecular weight is 160 g/mol. The normalized spacial score (nSPS) is 35.5. The maximum atomic E-state index is 10.5. The van der Waals surface area contributed by atoms with Crippen molar-refractivity contribution in [3.63, 3.8) is 0 Å². The van der Waals surface area contributed by atoms with Crippen LogP contribution in [-0.4, -0.2) is 29.1 Å². The molecular weight excluding hydrogens is 148 g/mol. The Morgan fingerprint density at radius 3 is 2.18 bits per heavy atom. The van der Waals surface area contributed by atoms with Crippen LogP contribution < -0.4 is 0 Å². The second-order valence-electron chi connectivity index (χ2n) is 3.10. The van der Waals surface area contributed by atoms with Crippen molar-refractivity contribution in [2.75, 3.05) is 0 Å². The third-order valence-corrected chi connectivity index (χ3v) is 1.55. The van der Waals surface area contributed by atoms with Gasteiger partial charge in [0, 0.05) is 0 Å². The van der Waals surface area contributed by atoms with E-state index >= 15 is 0 Å². The molecule has 1 fully saturated rings. The van der Waals surface area contributed by atoms with Crippen LogP contribution in [0.1, 0.15) is 20.8 Å². The zero-order chi connectivity index (χ0) is 8.65. The molecule has 1 heterocycles. The molecule has 0 radical (unpaired) electrons. The third-order valence-electron chi connectivity index (χ3n) is 1.55. The van der Waals surface area contributed by atoms with Gasteiger partial charge in [-0.25, -0.2) is 4.79 Å². The van der Waals surface area contributed by atoms with Crippen LogP contribution in [0.25, 0.3) is 0 Å². The van der Waals surface area contributed by atoms with Crippen LogP contribution in [0.3, 0.4) is 0 Å². The Kier molecular flexibility index (Phi) is 1.90. The molecule has 1 saturated heterocycles. The van der Waals surface area contributed by atoms with Crippen LogP contribution in [0.4, 0.5) is 0 Å². The second-order valence-corrected chi connectivity index (χ2v) is 3.10. The van der Waals surface area contributed by atoms with Gasteiger partial charge in [-0.15, -0.1) is 0 Å². The highest BCUT2D eigenvalue weighted by molar-refractivity contribution is 5.73. The Hall–Kier alpha value is -0.610. The summed E-state index contributed by atoms with van der Waals surface area (Å²) in [6.45, 7) is 5.09. The summed E-state index contributed by atoms with van der Waals surface area (Å²) in [4.78, 5) is 10.5. The number of hydrogen-bond donors (Lipinski definition) is 1. The van der Waals surface area contributed by atoms with Crippen LogP contribution in [0.2, 0.25) is 0 Å². The molecule has 1 unspecified atom stereocenters. The van der Waals surface area contributed by atoms with Crippen molar-refractivity contribution < 1.29 is 19.4 Å². The standard InChI is InChI=1S/C7H12O4/c1-4-5(6(8)9)11-7(2,3)10-4/h4-5H,1-3H3,(H,8,9)/t4-,5?/m0/s1.